The SMILES string of the molecule is CC(=O)N(C(=O)/C(C#N)=C\N1CCCC(C)C1)c1ccc(N)cc1. The highest BCUT2D eigenvalue weighted by Crippen LogP contribution is 2.21. The fourth-order valence-electron chi connectivity index (χ4n) is 2.84. The van der Waals surface area contributed by atoms with Crippen molar-refractivity contribution in [1.29, 1.82) is 5.26 Å². The van der Waals surface area contributed by atoms with Crippen LogP contribution >= 0.6 is 0 Å². The quantitative estimate of drug-likeness (QED) is 0.523. The van der Waals surface area contributed by atoms with E-state index in [0.29, 0.717) is 17.3 Å². The van der Waals surface area contributed by atoms with Crippen LogP contribution in [0, 0.1) is 17.2 Å². The smallest absolute Gasteiger partial charge is 0.277 e. The largest absolute Gasteiger partial charge is 0.399 e. The molecular weight excluding hydrogens is 304 g/mol. The van der Waals surface area contributed by atoms with Crippen LogP contribution in [-0.4, -0.2) is 29.8 Å². The van der Waals surface area contributed by atoms with Gasteiger partial charge in [-0.15, -0.1) is 0 Å². The predicted octanol–water partition coefficient (Wildman–Crippen LogP) is 2.29. The number of carbonyl (C=O) groups excluding carboxylic acids is 2. The lowest BCUT2D eigenvalue weighted by molar-refractivity contribution is -0.123. The first-order chi connectivity index (χ1) is 11.4. The molecule has 0 bridgehead atoms. The molecule has 0 aromatic heterocycles. The Labute approximate surface area is 142 Å². The van der Waals surface area contributed by atoms with Gasteiger partial charge in [0, 0.05) is 31.9 Å². The lowest BCUT2D eigenvalue weighted by Gasteiger charge is -2.30. The van der Waals surface area contributed by atoms with Gasteiger partial charge in [0.15, 0.2) is 0 Å². The predicted molar refractivity (Wildman–Crippen MR) is 92.7 cm³/mol. The number of amides is 2. The summed E-state index contributed by atoms with van der Waals surface area (Å²) >= 11 is 0. The summed E-state index contributed by atoms with van der Waals surface area (Å²) in [7, 11) is 0. The highest BCUT2D eigenvalue weighted by molar-refractivity contribution is 6.21. The number of nitrogen functional groups attached to an aromatic ring is 1. The van der Waals surface area contributed by atoms with Gasteiger partial charge in [0.1, 0.15) is 11.6 Å². The maximum absolute atomic E-state index is 12.7. The Bertz CT molecular complexity index is 688. The van der Waals surface area contributed by atoms with Gasteiger partial charge in [-0.3, -0.25) is 9.59 Å². The summed E-state index contributed by atoms with van der Waals surface area (Å²) in [4.78, 5) is 27.7. The average Bonchev–Trinajstić information content (AvgIpc) is 2.54. The Morgan fingerprint density at radius 1 is 1.38 bits per heavy atom. The van der Waals surface area contributed by atoms with E-state index in [9.17, 15) is 14.9 Å². The Kier molecular flexibility index (Phi) is 5.59. The summed E-state index contributed by atoms with van der Waals surface area (Å²) < 4.78 is 0. The van der Waals surface area contributed by atoms with Gasteiger partial charge < -0.3 is 10.6 Å². The normalized spacial score (nSPS) is 18.0. The van der Waals surface area contributed by atoms with Crippen molar-refractivity contribution in [2.24, 2.45) is 5.92 Å². The van der Waals surface area contributed by atoms with Crippen molar-refractivity contribution in [3.05, 3.63) is 36.0 Å². The first-order valence-electron chi connectivity index (χ1n) is 7.99. The molecule has 126 valence electrons. The fourth-order valence-corrected chi connectivity index (χ4v) is 2.84. The number of hydrogen-bond donors (Lipinski definition) is 1. The summed E-state index contributed by atoms with van der Waals surface area (Å²) in [5, 5.41) is 9.39. The van der Waals surface area contributed by atoms with Crippen molar-refractivity contribution in [3.8, 4) is 6.07 Å². The number of benzene rings is 1. The molecule has 1 aliphatic rings. The zero-order chi connectivity index (χ0) is 17.7. The monoisotopic (exact) mass is 326 g/mol. The molecule has 1 aliphatic heterocycles. The van der Waals surface area contributed by atoms with Crippen molar-refractivity contribution in [3.63, 3.8) is 0 Å². The van der Waals surface area contributed by atoms with Crippen LogP contribution in [0.15, 0.2) is 36.0 Å². The number of hydrogen-bond acceptors (Lipinski definition) is 5. The number of carbonyl (C=O) groups is 2. The van der Waals surface area contributed by atoms with Gasteiger partial charge in [0.25, 0.3) is 5.91 Å². The molecule has 1 unspecified atom stereocenters. The van der Waals surface area contributed by atoms with Crippen LogP contribution in [0.25, 0.3) is 0 Å². The number of rotatable bonds is 3. The number of nitrogens with zero attached hydrogens (tertiary/aromatic N) is 3. The minimum Gasteiger partial charge on any atom is -0.399 e. The van der Waals surface area contributed by atoms with E-state index < -0.39 is 11.8 Å². The number of nitriles is 1. The number of likely N-dealkylation sites (tertiary alicyclic amines) is 1. The van der Waals surface area contributed by atoms with Gasteiger partial charge >= 0.3 is 0 Å². The molecule has 24 heavy (non-hydrogen) atoms. The number of imide groups is 1. The standard InChI is InChI=1S/C18H22N4O2/c1-13-4-3-9-21(11-13)12-15(10-19)18(24)22(14(2)23)17-7-5-16(20)6-8-17/h5-8,12-13H,3-4,9,11,20H2,1-2H3/b15-12-. The molecule has 2 amide bonds. The van der Waals surface area contributed by atoms with E-state index in [1.54, 1.807) is 30.5 Å². The van der Waals surface area contributed by atoms with Crippen molar-refractivity contribution in [2.45, 2.75) is 26.7 Å². The Balaban J connectivity index is 2.28. The molecule has 0 aliphatic carbocycles. The summed E-state index contributed by atoms with van der Waals surface area (Å²) in [6, 6.07) is 8.34. The Morgan fingerprint density at radius 3 is 2.58 bits per heavy atom. The second-order valence-corrected chi connectivity index (χ2v) is 6.15. The maximum atomic E-state index is 12.7. The summed E-state index contributed by atoms with van der Waals surface area (Å²) in [6.07, 6.45) is 3.75. The molecular formula is C18H22N4O2. The van der Waals surface area contributed by atoms with Crippen LogP contribution in [0.3, 0.4) is 0 Å². The highest BCUT2D eigenvalue weighted by atomic mass is 16.2. The zero-order valence-corrected chi connectivity index (χ0v) is 14.0. The number of nitrogens with two attached hydrogens (primary N) is 1. The highest BCUT2D eigenvalue weighted by Gasteiger charge is 2.25. The minimum atomic E-state index is -0.618. The molecule has 1 atom stereocenters. The number of anilines is 2. The van der Waals surface area contributed by atoms with Crippen LogP contribution < -0.4 is 10.6 Å². The summed E-state index contributed by atoms with van der Waals surface area (Å²) in [5.74, 6) is -0.544. The van der Waals surface area contributed by atoms with Crippen molar-refractivity contribution >= 4 is 23.2 Å². The van der Waals surface area contributed by atoms with Gasteiger partial charge in [0.05, 0.1) is 5.69 Å². The second kappa shape index (κ2) is 7.64. The molecule has 1 saturated heterocycles. The lowest BCUT2D eigenvalue weighted by Crippen LogP contribution is -2.37. The van der Waals surface area contributed by atoms with E-state index in [2.05, 4.69) is 6.92 Å². The third-order valence-electron chi connectivity index (χ3n) is 4.02. The fraction of sp³-hybridized carbons (Fsp3) is 0.389. The van der Waals surface area contributed by atoms with Gasteiger partial charge in [0.2, 0.25) is 5.91 Å². The minimum absolute atomic E-state index is 0.0453. The van der Waals surface area contributed by atoms with Gasteiger partial charge in [-0.1, -0.05) is 6.92 Å². The van der Waals surface area contributed by atoms with Crippen LogP contribution in [0.1, 0.15) is 26.7 Å². The molecule has 1 aromatic rings. The Hall–Kier alpha value is -2.81. The molecule has 0 spiro atoms. The summed E-state index contributed by atoms with van der Waals surface area (Å²) in [5.41, 5.74) is 6.53. The Morgan fingerprint density at radius 2 is 2.04 bits per heavy atom. The van der Waals surface area contributed by atoms with Gasteiger partial charge in [-0.05, 0) is 43.0 Å². The second-order valence-electron chi connectivity index (χ2n) is 6.15. The van der Waals surface area contributed by atoms with E-state index in [1.807, 2.05) is 11.0 Å². The van der Waals surface area contributed by atoms with E-state index in [0.717, 1.165) is 30.8 Å². The van der Waals surface area contributed by atoms with Gasteiger partial charge in [-0.2, -0.15) is 5.26 Å². The molecule has 6 nitrogen and oxygen atoms in total. The molecule has 2 rings (SSSR count). The third-order valence-corrected chi connectivity index (χ3v) is 4.02. The molecule has 2 N–H and O–H groups in total. The maximum Gasteiger partial charge on any atom is 0.277 e. The number of piperidine rings is 1. The molecule has 1 aromatic carbocycles. The van der Waals surface area contributed by atoms with E-state index in [4.69, 9.17) is 5.73 Å². The van der Waals surface area contributed by atoms with E-state index in [-0.39, 0.29) is 5.57 Å². The molecule has 6 heteroatoms. The average molecular weight is 326 g/mol. The lowest BCUT2D eigenvalue weighted by atomic mass is 10.0. The molecule has 0 saturated carbocycles. The van der Waals surface area contributed by atoms with Crippen molar-refractivity contribution in [1.82, 2.24) is 4.90 Å². The molecule has 0 radical (unpaired) electrons. The molecule has 1 fully saturated rings. The van der Waals surface area contributed by atoms with Crippen molar-refractivity contribution in [2.75, 3.05) is 23.7 Å². The zero-order valence-electron chi connectivity index (χ0n) is 14.0. The van der Waals surface area contributed by atoms with Crippen molar-refractivity contribution < 1.29 is 9.59 Å². The van der Waals surface area contributed by atoms with Crippen LogP contribution in [0.5, 0.6) is 0 Å². The first kappa shape index (κ1) is 17.5. The van der Waals surface area contributed by atoms with Crippen LogP contribution in [-0.2, 0) is 9.59 Å². The van der Waals surface area contributed by atoms with Gasteiger partial charge in [-0.25, -0.2) is 4.90 Å². The van der Waals surface area contributed by atoms with Crippen LogP contribution in [0.2, 0.25) is 0 Å². The van der Waals surface area contributed by atoms with E-state index >= 15 is 0 Å². The first-order valence-corrected chi connectivity index (χ1v) is 7.99. The third kappa shape index (κ3) is 4.13. The van der Waals surface area contributed by atoms with E-state index in [1.165, 1.54) is 6.92 Å². The topological polar surface area (TPSA) is 90.4 Å². The van der Waals surface area contributed by atoms with Crippen LogP contribution in [0.4, 0.5) is 11.4 Å². The summed E-state index contributed by atoms with van der Waals surface area (Å²) in [6.45, 7) is 5.06. The molecule has 1 heterocycles.